The number of fused-ring (bicyclic) bond motifs is 1. The third-order valence-corrected chi connectivity index (χ3v) is 3.57. The van der Waals surface area contributed by atoms with Crippen LogP contribution in [-0.2, 0) is 0 Å². The van der Waals surface area contributed by atoms with E-state index in [0.29, 0.717) is 0 Å². The number of oxazole rings is 1. The van der Waals surface area contributed by atoms with Crippen LogP contribution in [0.5, 0.6) is 0 Å². The predicted octanol–water partition coefficient (Wildman–Crippen LogP) is 4.08. The van der Waals surface area contributed by atoms with Gasteiger partial charge in [-0.2, -0.15) is 0 Å². The minimum Gasteiger partial charge on any atom is -0.441 e. The van der Waals surface area contributed by atoms with E-state index in [1.54, 1.807) is 0 Å². The SMILES string of the molecule is Cc1nc2c(o1)C=CC(C)(C(C)(C)C)C=C2. The molecule has 0 aliphatic heterocycles. The van der Waals surface area contributed by atoms with Crippen LogP contribution in [0.15, 0.2) is 16.6 Å². The number of nitrogens with zero attached hydrogens (tertiary/aromatic N) is 1. The van der Waals surface area contributed by atoms with Crippen LogP contribution in [0.2, 0.25) is 0 Å². The molecule has 0 fully saturated rings. The zero-order valence-electron chi connectivity index (χ0n) is 10.7. The van der Waals surface area contributed by atoms with Gasteiger partial charge in [-0.25, -0.2) is 4.98 Å². The fraction of sp³-hybridized carbons (Fsp3) is 0.500. The second kappa shape index (κ2) is 3.34. The quantitative estimate of drug-likeness (QED) is 0.654. The summed E-state index contributed by atoms with van der Waals surface area (Å²) in [7, 11) is 0. The van der Waals surface area contributed by atoms with E-state index < -0.39 is 0 Å². The number of rotatable bonds is 0. The highest BCUT2D eigenvalue weighted by Crippen LogP contribution is 2.43. The molecule has 2 heteroatoms. The van der Waals surface area contributed by atoms with Crippen LogP contribution in [0.4, 0.5) is 0 Å². The molecule has 2 nitrogen and oxygen atoms in total. The molecule has 2 rings (SSSR count). The molecule has 1 unspecified atom stereocenters. The molecule has 1 aliphatic carbocycles. The van der Waals surface area contributed by atoms with Crippen LogP contribution < -0.4 is 0 Å². The summed E-state index contributed by atoms with van der Waals surface area (Å²) in [4.78, 5) is 4.35. The molecule has 1 aromatic heterocycles. The first-order valence-corrected chi connectivity index (χ1v) is 5.68. The van der Waals surface area contributed by atoms with Gasteiger partial charge >= 0.3 is 0 Å². The van der Waals surface area contributed by atoms with Gasteiger partial charge in [-0.3, -0.25) is 0 Å². The minimum absolute atomic E-state index is 0.0319. The highest BCUT2D eigenvalue weighted by atomic mass is 16.4. The summed E-state index contributed by atoms with van der Waals surface area (Å²) in [6, 6.07) is 0. The maximum absolute atomic E-state index is 5.54. The molecule has 0 amide bonds. The van der Waals surface area contributed by atoms with E-state index in [2.05, 4.69) is 50.9 Å². The molecule has 0 N–H and O–H groups in total. The van der Waals surface area contributed by atoms with Gasteiger partial charge in [-0.15, -0.1) is 0 Å². The monoisotopic (exact) mass is 217 g/mol. The first-order chi connectivity index (χ1) is 7.32. The average molecular weight is 217 g/mol. The summed E-state index contributed by atoms with van der Waals surface area (Å²) < 4.78 is 5.54. The normalized spacial score (nSPS) is 24.3. The highest BCUT2D eigenvalue weighted by molar-refractivity contribution is 5.63. The lowest BCUT2D eigenvalue weighted by atomic mass is 9.68. The Morgan fingerprint density at radius 2 is 1.81 bits per heavy atom. The van der Waals surface area contributed by atoms with E-state index in [1.165, 1.54) is 0 Å². The average Bonchev–Trinajstić information content (AvgIpc) is 2.43. The van der Waals surface area contributed by atoms with E-state index in [-0.39, 0.29) is 10.8 Å². The van der Waals surface area contributed by atoms with E-state index in [0.717, 1.165) is 17.3 Å². The van der Waals surface area contributed by atoms with Crippen molar-refractivity contribution in [3.8, 4) is 0 Å². The summed E-state index contributed by atoms with van der Waals surface area (Å²) in [5.41, 5.74) is 1.14. The topological polar surface area (TPSA) is 26.0 Å². The van der Waals surface area contributed by atoms with E-state index >= 15 is 0 Å². The van der Waals surface area contributed by atoms with Crippen LogP contribution in [0.25, 0.3) is 12.2 Å². The predicted molar refractivity (Wildman–Crippen MR) is 66.9 cm³/mol. The van der Waals surface area contributed by atoms with Crippen molar-refractivity contribution in [2.45, 2.75) is 34.6 Å². The van der Waals surface area contributed by atoms with Gasteiger partial charge in [0.25, 0.3) is 0 Å². The number of allylic oxidation sites excluding steroid dienone is 2. The van der Waals surface area contributed by atoms with E-state index in [9.17, 15) is 0 Å². The Bertz CT molecular complexity index is 426. The van der Waals surface area contributed by atoms with Crippen LogP contribution in [0.1, 0.15) is 45.0 Å². The molecule has 0 saturated carbocycles. The lowest BCUT2D eigenvalue weighted by Crippen LogP contribution is -2.28. The summed E-state index contributed by atoms with van der Waals surface area (Å²) in [6.07, 6.45) is 8.54. The zero-order chi connectivity index (χ0) is 12.0. The van der Waals surface area contributed by atoms with Gasteiger partial charge in [0.15, 0.2) is 11.7 Å². The molecule has 1 heterocycles. The largest absolute Gasteiger partial charge is 0.441 e. The molecule has 0 spiro atoms. The van der Waals surface area contributed by atoms with Crippen molar-refractivity contribution in [3.63, 3.8) is 0 Å². The molecule has 1 aromatic rings. The van der Waals surface area contributed by atoms with Crippen molar-refractivity contribution in [2.24, 2.45) is 10.8 Å². The zero-order valence-corrected chi connectivity index (χ0v) is 10.7. The fourth-order valence-corrected chi connectivity index (χ4v) is 1.75. The van der Waals surface area contributed by atoms with Gasteiger partial charge in [-0.1, -0.05) is 39.8 Å². The van der Waals surface area contributed by atoms with Gasteiger partial charge < -0.3 is 4.42 Å². The fourth-order valence-electron chi connectivity index (χ4n) is 1.75. The maximum Gasteiger partial charge on any atom is 0.192 e. The number of hydrogen-bond acceptors (Lipinski definition) is 2. The number of aryl methyl sites for hydroxylation is 1. The van der Waals surface area contributed by atoms with Crippen molar-refractivity contribution in [2.75, 3.05) is 0 Å². The maximum atomic E-state index is 5.54. The van der Waals surface area contributed by atoms with Crippen molar-refractivity contribution >= 4 is 12.2 Å². The summed E-state index contributed by atoms with van der Waals surface area (Å²) >= 11 is 0. The summed E-state index contributed by atoms with van der Waals surface area (Å²) in [5.74, 6) is 1.58. The first-order valence-electron chi connectivity index (χ1n) is 5.68. The van der Waals surface area contributed by atoms with Gasteiger partial charge in [0.2, 0.25) is 0 Å². The third-order valence-electron chi connectivity index (χ3n) is 3.57. The minimum atomic E-state index is 0.0319. The molecule has 0 aromatic carbocycles. The van der Waals surface area contributed by atoms with Crippen LogP contribution >= 0.6 is 0 Å². The lowest BCUT2D eigenvalue weighted by molar-refractivity contribution is 0.230. The Hall–Kier alpha value is -1.31. The molecular weight excluding hydrogens is 198 g/mol. The standard InChI is InChI=1S/C14H19NO/c1-10-15-11-6-8-14(5,13(2,3)4)9-7-12(11)16-10/h6-9H,1-5H3. The Balaban J connectivity index is 2.46. The second-order valence-electron chi connectivity index (χ2n) is 5.68. The smallest absolute Gasteiger partial charge is 0.192 e. The van der Waals surface area contributed by atoms with Crippen molar-refractivity contribution in [1.82, 2.24) is 4.98 Å². The lowest BCUT2D eigenvalue weighted by Gasteiger charge is -2.36. The summed E-state index contributed by atoms with van der Waals surface area (Å²) in [5, 5.41) is 0. The molecule has 1 atom stereocenters. The van der Waals surface area contributed by atoms with Crippen LogP contribution in [0.3, 0.4) is 0 Å². The molecule has 0 bridgehead atoms. The number of aromatic nitrogens is 1. The molecule has 0 saturated heterocycles. The third kappa shape index (κ3) is 1.73. The van der Waals surface area contributed by atoms with Gasteiger partial charge in [-0.05, 0) is 17.6 Å². The molecule has 86 valence electrons. The van der Waals surface area contributed by atoms with Gasteiger partial charge in [0.1, 0.15) is 5.69 Å². The van der Waals surface area contributed by atoms with E-state index in [4.69, 9.17) is 4.42 Å². The Morgan fingerprint density at radius 1 is 1.19 bits per heavy atom. The van der Waals surface area contributed by atoms with Crippen LogP contribution in [0, 0.1) is 17.8 Å². The molecular formula is C14H19NO. The Kier molecular flexibility index (Phi) is 2.33. The summed E-state index contributed by atoms with van der Waals surface area (Å²) in [6.45, 7) is 10.8. The van der Waals surface area contributed by atoms with E-state index in [1.807, 2.05) is 13.0 Å². The first kappa shape index (κ1) is 11.2. The van der Waals surface area contributed by atoms with Gasteiger partial charge in [0, 0.05) is 12.3 Å². The number of hydrogen-bond donors (Lipinski definition) is 0. The molecule has 0 radical (unpaired) electrons. The Morgan fingerprint density at radius 3 is 2.44 bits per heavy atom. The van der Waals surface area contributed by atoms with Crippen molar-refractivity contribution in [3.05, 3.63) is 29.5 Å². The highest BCUT2D eigenvalue weighted by Gasteiger charge is 2.33. The Labute approximate surface area is 97.1 Å². The van der Waals surface area contributed by atoms with Crippen molar-refractivity contribution < 1.29 is 4.42 Å². The molecule has 16 heavy (non-hydrogen) atoms. The second-order valence-corrected chi connectivity index (χ2v) is 5.68. The van der Waals surface area contributed by atoms with Crippen LogP contribution in [-0.4, -0.2) is 4.98 Å². The van der Waals surface area contributed by atoms with Crippen molar-refractivity contribution in [1.29, 1.82) is 0 Å². The molecule has 1 aliphatic rings. The van der Waals surface area contributed by atoms with Gasteiger partial charge in [0.05, 0.1) is 0 Å².